The first-order valence-electron chi connectivity index (χ1n) is 5.54. The molecule has 0 bridgehead atoms. The van der Waals surface area contributed by atoms with E-state index in [1.54, 1.807) is 0 Å². The second-order valence-electron chi connectivity index (χ2n) is 4.05. The minimum atomic E-state index is 0.112. The summed E-state index contributed by atoms with van der Waals surface area (Å²) < 4.78 is 0. The van der Waals surface area contributed by atoms with Crippen LogP contribution in [0.15, 0.2) is 30.5 Å². The van der Waals surface area contributed by atoms with E-state index in [9.17, 15) is 0 Å². The molecule has 1 heterocycles. The third kappa shape index (κ3) is 2.34. The summed E-state index contributed by atoms with van der Waals surface area (Å²) in [5.74, 6) is 0.659. The molecule has 2 aromatic rings. The Morgan fingerprint density at radius 3 is 2.94 bits per heavy atom. The van der Waals surface area contributed by atoms with Gasteiger partial charge in [0.1, 0.15) is 0 Å². The van der Waals surface area contributed by atoms with E-state index in [4.69, 9.17) is 5.26 Å². The van der Waals surface area contributed by atoms with Gasteiger partial charge in [0.15, 0.2) is 0 Å². The average Bonchev–Trinajstić information content (AvgIpc) is 2.37. The predicted octanol–water partition coefficient (Wildman–Crippen LogP) is 2.37. The monoisotopic (exact) mass is 226 g/mol. The van der Waals surface area contributed by atoms with Gasteiger partial charge in [-0.05, 0) is 13.0 Å². The molecule has 1 unspecified atom stereocenters. The predicted molar refractivity (Wildman–Crippen MR) is 67.6 cm³/mol. The van der Waals surface area contributed by atoms with Gasteiger partial charge in [0.2, 0.25) is 5.95 Å². The maximum Gasteiger partial charge on any atom is 0.225 e. The summed E-state index contributed by atoms with van der Waals surface area (Å²) in [4.78, 5) is 10.7. The minimum absolute atomic E-state index is 0.112. The Kier molecular flexibility index (Phi) is 3.20. The lowest BCUT2D eigenvalue weighted by Gasteiger charge is -2.22. The van der Waals surface area contributed by atoms with Crippen LogP contribution in [0.25, 0.3) is 10.9 Å². The smallest absolute Gasteiger partial charge is 0.225 e. The van der Waals surface area contributed by atoms with E-state index in [1.807, 2.05) is 49.3 Å². The van der Waals surface area contributed by atoms with Gasteiger partial charge in [0.25, 0.3) is 0 Å². The molecule has 0 aliphatic carbocycles. The van der Waals surface area contributed by atoms with Gasteiger partial charge in [-0.1, -0.05) is 18.2 Å². The molecule has 0 saturated carbocycles. The van der Waals surface area contributed by atoms with Crippen LogP contribution in [0.1, 0.15) is 13.3 Å². The summed E-state index contributed by atoms with van der Waals surface area (Å²) in [5, 5.41) is 9.71. The number of aromatic nitrogens is 2. The van der Waals surface area contributed by atoms with Crippen molar-refractivity contribution >= 4 is 16.9 Å². The Morgan fingerprint density at radius 1 is 1.41 bits per heavy atom. The summed E-state index contributed by atoms with van der Waals surface area (Å²) in [7, 11) is 1.91. The zero-order valence-corrected chi connectivity index (χ0v) is 9.96. The van der Waals surface area contributed by atoms with Gasteiger partial charge >= 0.3 is 0 Å². The van der Waals surface area contributed by atoms with E-state index in [0.29, 0.717) is 12.4 Å². The summed E-state index contributed by atoms with van der Waals surface area (Å²) in [5.41, 5.74) is 0.925. The zero-order chi connectivity index (χ0) is 12.3. The number of rotatable bonds is 3. The maximum atomic E-state index is 8.69. The van der Waals surface area contributed by atoms with Crippen molar-refractivity contribution in [2.24, 2.45) is 0 Å². The third-order valence-corrected chi connectivity index (χ3v) is 2.84. The summed E-state index contributed by atoms with van der Waals surface area (Å²) in [6.45, 7) is 1.99. The van der Waals surface area contributed by atoms with Crippen molar-refractivity contribution in [1.82, 2.24) is 9.97 Å². The molecular weight excluding hydrogens is 212 g/mol. The van der Waals surface area contributed by atoms with E-state index in [1.165, 1.54) is 0 Å². The van der Waals surface area contributed by atoms with Gasteiger partial charge < -0.3 is 4.90 Å². The molecule has 0 amide bonds. The van der Waals surface area contributed by atoms with Gasteiger partial charge in [-0.15, -0.1) is 0 Å². The SMILES string of the molecule is CC(CC#N)N(C)c1ncc2ccccc2n1. The summed E-state index contributed by atoms with van der Waals surface area (Å²) >= 11 is 0. The molecule has 0 N–H and O–H groups in total. The molecule has 1 aromatic carbocycles. The number of hydrogen-bond acceptors (Lipinski definition) is 4. The normalized spacial score (nSPS) is 12.1. The van der Waals surface area contributed by atoms with Crippen LogP contribution in [0.4, 0.5) is 5.95 Å². The molecule has 1 aromatic heterocycles. The fraction of sp³-hybridized carbons (Fsp3) is 0.308. The quantitative estimate of drug-likeness (QED) is 0.806. The van der Waals surface area contributed by atoms with Crippen LogP contribution in [0.3, 0.4) is 0 Å². The molecule has 0 radical (unpaired) electrons. The molecule has 0 aliphatic heterocycles. The molecule has 17 heavy (non-hydrogen) atoms. The van der Waals surface area contributed by atoms with Crippen molar-refractivity contribution in [1.29, 1.82) is 5.26 Å². The number of hydrogen-bond donors (Lipinski definition) is 0. The molecule has 0 aliphatic rings. The van der Waals surface area contributed by atoms with Crippen LogP contribution < -0.4 is 4.90 Å². The van der Waals surface area contributed by atoms with E-state index in [0.717, 1.165) is 10.9 Å². The van der Waals surface area contributed by atoms with Crippen molar-refractivity contribution < 1.29 is 0 Å². The minimum Gasteiger partial charge on any atom is -0.340 e. The maximum absolute atomic E-state index is 8.69. The Labute approximate surface area is 101 Å². The number of anilines is 1. The van der Waals surface area contributed by atoms with Crippen molar-refractivity contribution in [3.05, 3.63) is 30.5 Å². The first kappa shape index (κ1) is 11.3. The second kappa shape index (κ2) is 4.79. The molecule has 4 nitrogen and oxygen atoms in total. The first-order valence-corrected chi connectivity index (χ1v) is 5.54. The van der Waals surface area contributed by atoms with Crippen LogP contribution in [0.5, 0.6) is 0 Å². The van der Waals surface area contributed by atoms with Crippen LogP contribution in [-0.2, 0) is 0 Å². The van der Waals surface area contributed by atoms with Gasteiger partial charge in [0.05, 0.1) is 18.0 Å². The van der Waals surface area contributed by atoms with Crippen LogP contribution in [0, 0.1) is 11.3 Å². The molecule has 0 saturated heterocycles. The molecule has 4 heteroatoms. The topological polar surface area (TPSA) is 52.8 Å². The number of nitrogens with zero attached hydrogens (tertiary/aromatic N) is 4. The Morgan fingerprint density at radius 2 is 2.18 bits per heavy atom. The standard InChI is InChI=1S/C13H14N4/c1-10(7-8-14)17(2)13-15-9-11-5-3-4-6-12(11)16-13/h3-6,9-10H,7H2,1-2H3. The van der Waals surface area contributed by atoms with Crippen LogP contribution in [0.2, 0.25) is 0 Å². The van der Waals surface area contributed by atoms with Crippen molar-refractivity contribution in [2.75, 3.05) is 11.9 Å². The van der Waals surface area contributed by atoms with E-state index < -0.39 is 0 Å². The van der Waals surface area contributed by atoms with Crippen molar-refractivity contribution in [3.8, 4) is 6.07 Å². The van der Waals surface area contributed by atoms with Gasteiger partial charge in [-0.3, -0.25) is 0 Å². The van der Waals surface area contributed by atoms with Crippen LogP contribution in [-0.4, -0.2) is 23.1 Å². The number of para-hydroxylation sites is 1. The molecule has 0 fully saturated rings. The largest absolute Gasteiger partial charge is 0.340 e. The molecule has 0 spiro atoms. The third-order valence-electron chi connectivity index (χ3n) is 2.84. The Balaban J connectivity index is 2.33. The van der Waals surface area contributed by atoms with E-state index >= 15 is 0 Å². The highest BCUT2D eigenvalue weighted by Crippen LogP contribution is 2.16. The molecule has 86 valence electrons. The molecule has 1 atom stereocenters. The van der Waals surface area contributed by atoms with Crippen LogP contribution >= 0.6 is 0 Å². The van der Waals surface area contributed by atoms with Gasteiger partial charge in [-0.25, -0.2) is 9.97 Å². The zero-order valence-electron chi connectivity index (χ0n) is 9.96. The second-order valence-corrected chi connectivity index (χ2v) is 4.05. The number of nitriles is 1. The van der Waals surface area contributed by atoms with Crippen molar-refractivity contribution in [2.45, 2.75) is 19.4 Å². The fourth-order valence-corrected chi connectivity index (χ4v) is 1.60. The lowest BCUT2D eigenvalue weighted by atomic mass is 10.2. The van der Waals surface area contributed by atoms with Crippen molar-refractivity contribution in [3.63, 3.8) is 0 Å². The highest BCUT2D eigenvalue weighted by atomic mass is 15.2. The summed E-state index contributed by atoms with van der Waals surface area (Å²) in [6, 6.07) is 10.1. The van der Waals surface area contributed by atoms with Gasteiger partial charge in [-0.2, -0.15) is 5.26 Å². The average molecular weight is 226 g/mol. The molecule has 2 rings (SSSR count). The number of benzene rings is 1. The lowest BCUT2D eigenvalue weighted by molar-refractivity contribution is 0.685. The van der Waals surface area contributed by atoms with Gasteiger partial charge in [0, 0.05) is 24.7 Å². The fourth-order valence-electron chi connectivity index (χ4n) is 1.60. The first-order chi connectivity index (χ1) is 8.22. The highest BCUT2D eigenvalue weighted by Gasteiger charge is 2.12. The number of fused-ring (bicyclic) bond motifs is 1. The van der Waals surface area contributed by atoms with E-state index in [-0.39, 0.29) is 6.04 Å². The molecular formula is C13H14N4. The Bertz CT molecular complexity index is 559. The Hall–Kier alpha value is -2.15. The summed E-state index contributed by atoms with van der Waals surface area (Å²) in [6.07, 6.45) is 2.28. The highest BCUT2D eigenvalue weighted by molar-refractivity contribution is 5.78. The van der Waals surface area contributed by atoms with E-state index in [2.05, 4.69) is 16.0 Å². The lowest BCUT2D eigenvalue weighted by Crippen LogP contribution is -2.29.